The van der Waals surface area contributed by atoms with Crippen molar-refractivity contribution in [3.8, 4) is 0 Å². The van der Waals surface area contributed by atoms with Gasteiger partial charge in [0.2, 0.25) is 0 Å². The molecule has 0 atom stereocenters. The number of pyridine rings is 1. The summed E-state index contributed by atoms with van der Waals surface area (Å²) < 4.78 is 15.5. The first-order valence-electron chi connectivity index (χ1n) is 7.89. The maximum atomic E-state index is 13.8. The van der Waals surface area contributed by atoms with E-state index in [4.69, 9.17) is 0 Å². The van der Waals surface area contributed by atoms with Crippen molar-refractivity contribution in [2.24, 2.45) is 7.05 Å². The molecule has 1 saturated heterocycles. The molecule has 1 fully saturated rings. The predicted octanol–water partition coefficient (Wildman–Crippen LogP) is 1.93. The molecule has 0 radical (unpaired) electrons. The molecule has 2 aromatic heterocycles. The van der Waals surface area contributed by atoms with Gasteiger partial charge in [-0.05, 0) is 26.0 Å². The van der Waals surface area contributed by atoms with Crippen LogP contribution >= 0.6 is 0 Å². The second-order valence-corrected chi connectivity index (χ2v) is 5.88. The lowest BCUT2D eigenvalue weighted by atomic mass is 10.3. The fourth-order valence-electron chi connectivity index (χ4n) is 2.87. The maximum absolute atomic E-state index is 13.8. The molecule has 0 unspecified atom stereocenters. The molecule has 3 rings (SSSR count). The van der Waals surface area contributed by atoms with Crippen LogP contribution < -0.4 is 10.2 Å². The molecule has 1 N–H and O–H groups in total. The first-order chi connectivity index (χ1) is 11.5. The van der Waals surface area contributed by atoms with Gasteiger partial charge in [0.15, 0.2) is 11.6 Å². The summed E-state index contributed by atoms with van der Waals surface area (Å²) >= 11 is 0. The number of carbonyl (C=O) groups is 1. The summed E-state index contributed by atoms with van der Waals surface area (Å²) in [5.74, 6) is 0.00789. The molecule has 0 saturated carbocycles. The number of carbonyl (C=O) groups excluding carboxylic acids is 1. The number of urea groups is 1. The number of aromatic nitrogens is 3. The first kappa shape index (κ1) is 16.2. The van der Waals surface area contributed by atoms with E-state index in [9.17, 15) is 9.18 Å². The minimum absolute atomic E-state index is 0.157. The SMILES string of the molecule is Cc1nn(C)c(C)c1NC(=O)N1CCN(c2ncccc2F)CC1. The minimum atomic E-state index is -0.336. The molecular formula is C16H21FN6O. The van der Waals surface area contributed by atoms with Gasteiger partial charge in [-0.1, -0.05) is 0 Å². The van der Waals surface area contributed by atoms with E-state index in [0.29, 0.717) is 32.0 Å². The van der Waals surface area contributed by atoms with E-state index in [0.717, 1.165) is 17.1 Å². The normalized spacial score (nSPS) is 14.8. The van der Waals surface area contributed by atoms with Crippen molar-refractivity contribution in [1.82, 2.24) is 19.7 Å². The van der Waals surface area contributed by atoms with Crippen molar-refractivity contribution >= 4 is 17.5 Å². The van der Waals surface area contributed by atoms with Gasteiger partial charge in [0.05, 0.1) is 17.1 Å². The summed E-state index contributed by atoms with van der Waals surface area (Å²) in [6.07, 6.45) is 1.57. The molecule has 8 heteroatoms. The smallest absolute Gasteiger partial charge is 0.322 e. The van der Waals surface area contributed by atoms with Gasteiger partial charge in [0.25, 0.3) is 0 Å². The fourth-order valence-corrected chi connectivity index (χ4v) is 2.87. The van der Waals surface area contributed by atoms with Crippen molar-refractivity contribution in [1.29, 1.82) is 0 Å². The minimum Gasteiger partial charge on any atom is -0.351 e. The number of nitrogens with zero attached hydrogens (tertiary/aromatic N) is 5. The molecule has 7 nitrogen and oxygen atoms in total. The van der Waals surface area contributed by atoms with E-state index in [1.165, 1.54) is 6.07 Å². The number of hydrogen-bond donors (Lipinski definition) is 1. The lowest BCUT2D eigenvalue weighted by molar-refractivity contribution is 0.208. The van der Waals surface area contributed by atoms with Gasteiger partial charge in [-0.25, -0.2) is 14.2 Å². The first-order valence-corrected chi connectivity index (χ1v) is 7.89. The summed E-state index contributed by atoms with van der Waals surface area (Å²) in [6, 6.07) is 2.81. The van der Waals surface area contributed by atoms with E-state index in [1.807, 2.05) is 25.8 Å². The molecule has 0 aromatic carbocycles. The van der Waals surface area contributed by atoms with Crippen LogP contribution in [0.25, 0.3) is 0 Å². The molecular weight excluding hydrogens is 311 g/mol. The summed E-state index contributed by atoms with van der Waals surface area (Å²) in [5.41, 5.74) is 2.45. The van der Waals surface area contributed by atoms with Gasteiger partial charge in [-0.3, -0.25) is 4.68 Å². The third-order valence-electron chi connectivity index (χ3n) is 4.35. The zero-order valence-electron chi connectivity index (χ0n) is 14.1. The Balaban J connectivity index is 1.62. The lowest BCUT2D eigenvalue weighted by Gasteiger charge is -2.35. The van der Waals surface area contributed by atoms with Crippen LogP contribution in [0.4, 0.5) is 20.7 Å². The van der Waals surface area contributed by atoms with Crippen LogP contribution in [-0.2, 0) is 7.05 Å². The summed E-state index contributed by atoms with van der Waals surface area (Å²) in [4.78, 5) is 20.1. The Kier molecular flexibility index (Phi) is 4.37. The van der Waals surface area contributed by atoms with Gasteiger partial charge in [-0.15, -0.1) is 0 Å². The number of nitrogens with one attached hydrogen (secondary N) is 1. The number of halogens is 1. The van der Waals surface area contributed by atoms with E-state index >= 15 is 0 Å². The largest absolute Gasteiger partial charge is 0.351 e. The highest BCUT2D eigenvalue weighted by atomic mass is 19.1. The van der Waals surface area contributed by atoms with E-state index < -0.39 is 0 Å². The monoisotopic (exact) mass is 332 g/mol. The summed E-state index contributed by atoms with van der Waals surface area (Å²) in [5, 5.41) is 7.23. The number of hydrogen-bond acceptors (Lipinski definition) is 4. The van der Waals surface area contributed by atoms with Crippen LogP contribution in [0.5, 0.6) is 0 Å². The molecule has 2 aromatic rings. The predicted molar refractivity (Wildman–Crippen MR) is 89.7 cm³/mol. The quantitative estimate of drug-likeness (QED) is 0.912. The Hall–Kier alpha value is -2.64. The van der Waals surface area contributed by atoms with E-state index in [1.54, 1.807) is 21.8 Å². The Morgan fingerprint density at radius 1 is 1.25 bits per heavy atom. The zero-order valence-corrected chi connectivity index (χ0v) is 14.1. The van der Waals surface area contributed by atoms with Crippen LogP contribution in [0.15, 0.2) is 18.3 Å². The van der Waals surface area contributed by atoms with Crippen molar-refractivity contribution in [2.45, 2.75) is 13.8 Å². The van der Waals surface area contributed by atoms with Crippen molar-refractivity contribution < 1.29 is 9.18 Å². The van der Waals surface area contributed by atoms with Crippen LogP contribution in [-0.4, -0.2) is 51.9 Å². The van der Waals surface area contributed by atoms with Gasteiger partial charge in [0.1, 0.15) is 0 Å². The summed E-state index contributed by atoms with van der Waals surface area (Å²) in [6.45, 7) is 5.90. The van der Waals surface area contributed by atoms with Crippen LogP contribution in [0, 0.1) is 19.7 Å². The molecule has 1 aliphatic rings. The Morgan fingerprint density at radius 3 is 2.54 bits per heavy atom. The lowest BCUT2D eigenvalue weighted by Crippen LogP contribution is -2.50. The average molecular weight is 332 g/mol. The van der Waals surface area contributed by atoms with Crippen molar-refractivity contribution in [2.75, 3.05) is 36.4 Å². The van der Waals surface area contributed by atoms with Crippen LogP contribution in [0.3, 0.4) is 0 Å². The standard InChI is InChI=1S/C16H21FN6O/c1-11-14(12(2)21(3)20-11)19-16(24)23-9-7-22(8-10-23)15-13(17)5-4-6-18-15/h4-6H,7-10H2,1-3H3,(H,19,24). The molecule has 128 valence electrons. The molecule has 0 bridgehead atoms. The zero-order chi connectivity index (χ0) is 17.3. The van der Waals surface area contributed by atoms with Gasteiger partial charge in [-0.2, -0.15) is 5.10 Å². The molecule has 24 heavy (non-hydrogen) atoms. The topological polar surface area (TPSA) is 66.3 Å². The Bertz CT molecular complexity index is 751. The van der Waals surface area contributed by atoms with Crippen molar-refractivity contribution in [3.05, 3.63) is 35.5 Å². The second kappa shape index (κ2) is 6.46. The van der Waals surface area contributed by atoms with Crippen LogP contribution in [0.1, 0.15) is 11.4 Å². The highest BCUT2D eigenvalue weighted by Crippen LogP contribution is 2.20. The third kappa shape index (κ3) is 3.04. The number of rotatable bonds is 2. The van der Waals surface area contributed by atoms with Crippen LogP contribution in [0.2, 0.25) is 0 Å². The fraction of sp³-hybridized carbons (Fsp3) is 0.438. The molecule has 2 amide bonds. The molecule has 1 aliphatic heterocycles. The number of aryl methyl sites for hydroxylation is 2. The van der Waals surface area contributed by atoms with Gasteiger partial charge >= 0.3 is 6.03 Å². The van der Waals surface area contributed by atoms with E-state index in [2.05, 4.69) is 15.4 Å². The maximum Gasteiger partial charge on any atom is 0.322 e. The highest BCUT2D eigenvalue weighted by Gasteiger charge is 2.24. The molecule has 0 aliphatic carbocycles. The van der Waals surface area contributed by atoms with E-state index in [-0.39, 0.29) is 11.8 Å². The third-order valence-corrected chi connectivity index (χ3v) is 4.35. The highest BCUT2D eigenvalue weighted by molar-refractivity contribution is 5.90. The number of anilines is 2. The number of amides is 2. The summed E-state index contributed by atoms with van der Waals surface area (Å²) in [7, 11) is 1.85. The average Bonchev–Trinajstić information content (AvgIpc) is 2.82. The van der Waals surface area contributed by atoms with Gasteiger partial charge < -0.3 is 15.1 Å². The van der Waals surface area contributed by atoms with Gasteiger partial charge in [0, 0.05) is 39.4 Å². The molecule has 3 heterocycles. The Morgan fingerprint density at radius 2 is 1.96 bits per heavy atom. The molecule has 0 spiro atoms. The Labute approximate surface area is 140 Å². The second-order valence-electron chi connectivity index (χ2n) is 5.88. The van der Waals surface area contributed by atoms with Crippen molar-refractivity contribution in [3.63, 3.8) is 0 Å². The number of piperazine rings is 1.